The second-order valence-corrected chi connectivity index (χ2v) is 5.00. The van der Waals surface area contributed by atoms with Gasteiger partial charge in [0, 0.05) is 5.57 Å². The lowest BCUT2D eigenvalue weighted by Gasteiger charge is -2.05. The zero-order chi connectivity index (χ0) is 13.7. The standard InChI is InChI=1S/C17H11NO2/c19-15-9-14(17(20)18-15)16-12-7-3-1-5-10(12)11-6-2-4-8-13(11)16/h1-8H,9H2,(H,18,19,20). The second kappa shape index (κ2) is 3.90. The van der Waals surface area contributed by atoms with Gasteiger partial charge in [0.15, 0.2) is 0 Å². The monoisotopic (exact) mass is 261 g/mol. The molecule has 1 aliphatic carbocycles. The number of benzene rings is 2. The van der Waals surface area contributed by atoms with Crippen molar-refractivity contribution in [3.8, 4) is 11.1 Å². The fourth-order valence-corrected chi connectivity index (χ4v) is 3.03. The smallest absolute Gasteiger partial charge is 0.254 e. The third kappa shape index (κ3) is 1.40. The maximum atomic E-state index is 12.0. The van der Waals surface area contributed by atoms with Crippen LogP contribution in [0.15, 0.2) is 54.1 Å². The minimum absolute atomic E-state index is 0.164. The van der Waals surface area contributed by atoms with E-state index in [0.717, 1.165) is 27.8 Å². The van der Waals surface area contributed by atoms with Crippen molar-refractivity contribution in [3.63, 3.8) is 0 Å². The highest BCUT2D eigenvalue weighted by Gasteiger charge is 2.32. The van der Waals surface area contributed by atoms with Crippen LogP contribution in [0.5, 0.6) is 0 Å². The van der Waals surface area contributed by atoms with E-state index in [-0.39, 0.29) is 18.2 Å². The Morgan fingerprint density at radius 2 is 1.25 bits per heavy atom. The van der Waals surface area contributed by atoms with E-state index in [1.807, 2.05) is 36.4 Å². The quantitative estimate of drug-likeness (QED) is 0.499. The molecule has 2 amide bonds. The van der Waals surface area contributed by atoms with Crippen LogP contribution in [-0.4, -0.2) is 11.8 Å². The van der Waals surface area contributed by atoms with Crippen LogP contribution in [0, 0.1) is 0 Å². The van der Waals surface area contributed by atoms with Gasteiger partial charge in [0.25, 0.3) is 5.91 Å². The van der Waals surface area contributed by atoms with Crippen LogP contribution in [-0.2, 0) is 9.59 Å². The molecule has 0 saturated carbocycles. The van der Waals surface area contributed by atoms with Crippen LogP contribution in [0.3, 0.4) is 0 Å². The summed E-state index contributed by atoms with van der Waals surface area (Å²) in [6.45, 7) is 0. The first-order valence-corrected chi connectivity index (χ1v) is 6.52. The Labute approximate surface area is 115 Å². The van der Waals surface area contributed by atoms with E-state index < -0.39 is 0 Å². The van der Waals surface area contributed by atoms with Crippen molar-refractivity contribution < 1.29 is 9.59 Å². The van der Waals surface area contributed by atoms with E-state index in [4.69, 9.17) is 0 Å². The number of rotatable bonds is 0. The summed E-state index contributed by atoms with van der Waals surface area (Å²) >= 11 is 0. The minimum atomic E-state index is -0.267. The molecule has 3 heteroatoms. The Morgan fingerprint density at radius 1 is 0.750 bits per heavy atom. The molecule has 1 fully saturated rings. The molecule has 0 atom stereocenters. The topological polar surface area (TPSA) is 46.2 Å². The van der Waals surface area contributed by atoms with Crippen LogP contribution < -0.4 is 5.32 Å². The summed E-state index contributed by atoms with van der Waals surface area (Å²) in [5, 5.41) is 2.37. The first-order chi connectivity index (χ1) is 9.75. The van der Waals surface area contributed by atoms with Gasteiger partial charge in [-0.3, -0.25) is 14.9 Å². The number of carbonyl (C=O) groups is 2. The molecule has 1 N–H and O–H groups in total. The third-order valence-electron chi connectivity index (χ3n) is 3.85. The predicted octanol–water partition coefficient (Wildman–Crippen LogP) is 2.52. The molecule has 4 rings (SSSR count). The van der Waals surface area contributed by atoms with E-state index in [1.165, 1.54) is 0 Å². The largest absolute Gasteiger partial charge is 0.292 e. The van der Waals surface area contributed by atoms with Crippen molar-refractivity contribution in [1.82, 2.24) is 5.32 Å². The van der Waals surface area contributed by atoms with E-state index in [1.54, 1.807) is 0 Å². The molecular weight excluding hydrogens is 250 g/mol. The van der Waals surface area contributed by atoms with Gasteiger partial charge in [-0.2, -0.15) is 0 Å². The van der Waals surface area contributed by atoms with Crippen molar-refractivity contribution >= 4 is 17.4 Å². The molecule has 0 aromatic heterocycles. The minimum Gasteiger partial charge on any atom is -0.292 e. The number of hydrogen-bond donors (Lipinski definition) is 1. The van der Waals surface area contributed by atoms with Crippen LogP contribution in [0.25, 0.3) is 16.7 Å². The summed E-state index contributed by atoms with van der Waals surface area (Å²) in [6, 6.07) is 16.0. The normalized spacial score (nSPS) is 16.2. The summed E-state index contributed by atoms with van der Waals surface area (Å²) in [5.41, 5.74) is 5.80. The maximum Gasteiger partial charge on any atom is 0.254 e. The number of imide groups is 1. The van der Waals surface area contributed by atoms with Crippen LogP contribution in [0.4, 0.5) is 0 Å². The average Bonchev–Trinajstić information content (AvgIpc) is 2.96. The highest BCUT2D eigenvalue weighted by Crippen LogP contribution is 2.46. The van der Waals surface area contributed by atoms with E-state index >= 15 is 0 Å². The van der Waals surface area contributed by atoms with Crippen molar-refractivity contribution in [2.75, 3.05) is 0 Å². The molecule has 1 saturated heterocycles. The van der Waals surface area contributed by atoms with E-state index in [0.29, 0.717) is 5.57 Å². The lowest BCUT2D eigenvalue weighted by atomic mass is 9.97. The Kier molecular flexibility index (Phi) is 2.18. The molecule has 3 nitrogen and oxygen atoms in total. The summed E-state index contributed by atoms with van der Waals surface area (Å²) in [6.07, 6.45) is 0.164. The van der Waals surface area contributed by atoms with E-state index in [2.05, 4.69) is 17.4 Å². The Morgan fingerprint density at radius 3 is 1.70 bits per heavy atom. The zero-order valence-electron chi connectivity index (χ0n) is 10.6. The second-order valence-electron chi connectivity index (χ2n) is 5.00. The van der Waals surface area contributed by atoms with Gasteiger partial charge in [-0.25, -0.2) is 0 Å². The lowest BCUT2D eigenvalue weighted by Crippen LogP contribution is -2.19. The SMILES string of the molecule is O=C1CC(=C2c3ccccc3-c3ccccc32)C(=O)N1. The van der Waals surface area contributed by atoms with Crippen molar-refractivity contribution in [2.45, 2.75) is 6.42 Å². The third-order valence-corrected chi connectivity index (χ3v) is 3.85. The van der Waals surface area contributed by atoms with Gasteiger partial charge in [-0.05, 0) is 27.8 Å². The molecule has 1 aliphatic heterocycles. The van der Waals surface area contributed by atoms with Gasteiger partial charge in [-0.1, -0.05) is 48.5 Å². The molecule has 0 unspecified atom stereocenters. The Hall–Kier alpha value is -2.68. The van der Waals surface area contributed by atoms with E-state index in [9.17, 15) is 9.59 Å². The number of amides is 2. The highest BCUT2D eigenvalue weighted by molar-refractivity contribution is 6.21. The number of hydrogen-bond acceptors (Lipinski definition) is 2. The number of nitrogens with one attached hydrogen (secondary N) is 1. The molecule has 1 heterocycles. The molecule has 2 aromatic rings. The van der Waals surface area contributed by atoms with Gasteiger partial charge in [0.05, 0.1) is 6.42 Å². The molecule has 2 aliphatic rings. The average molecular weight is 261 g/mol. The summed E-state index contributed by atoms with van der Waals surface area (Å²) in [7, 11) is 0. The van der Waals surface area contributed by atoms with Crippen LogP contribution in [0.1, 0.15) is 17.5 Å². The lowest BCUT2D eigenvalue weighted by molar-refractivity contribution is -0.124. The van der Waals surface area contributed by atoms with Crippen molar-refractivity contribution in [1.29, 1.82) is 0 Å². The van der Waals surface area contributed by atoms with Gasteiger partial charge in [0.2, 0.25) is 5.91 Å². The van der Waals surface area contributed by atoms with Gasteiger partial charge >= 0.3 is 0 Å². The van der Waals surface area contributed by atoms with Crippen molar-refractivity contribution in [2.24, 2.45) is 0 Å². The van der Waals surface area contributed by atoms with Crippen LogP contribution in [0.2, 0.25) is 0 Å². The summed E-state index contributed by atoms with van der Waals surface area (Å²) in [5.74, 6) is -0.490. The molecule has 0 bridgehead atoms. The number of carbonyl (C=O) groups excluding carboxylic acids is 2. The first-order valence-electron chi connectivity index (χ1n) is 6.52. The molecule has 0 spiro atoms. The Bertz CT molecular complexity index is 755. The van der Waals surface area contributed by atoms with Gasteiger partial charge < -0.3 is 0 Å². The Balaban J connectivity index is 2.08. The highest BCUT2D eigenvalue weighted by atomic mass is 16.2. The van der Waals surface area contributed by atoms with Crippen LogP contribution >= 0.6 is 0 Å². The summed E-state index contributed by atoms with van der Waals surface area (Å²) < 4.78 is 0. The van der Waals surface area contributed by atoms with Gasteiger partial charge in [-0.15, -0.1) is 0 Å². The van der Waals surface area contributed by atoms with Gasteiger partial charge in [0.1, 0.15) is 0 Å². The fourth-order valence-electron chi connectivity index (χ4n) is 3.03. The van der Waals surface area contributed by atoms with Crippen molar-refractivity contribution in [3.05, 3.63) is 65.2 Å². The fraction of sp³-hybridized carbons (Fsp3) is 0.0588. The number of fused-ring (bicyclic) bond motifs is 3. The zero-order valence-corrected chi connectivity index (χ0v) is 10.6. The maximum absolute atomic E-state index is 12.0. The molecular formula is C17H11NO2. The molecule has 0 radical (unpaired) electrons. The predicted molar refractivity (Wildman–Crippen MR) is 75.7 cm³/mol. The first kappa shape index (κ1) is 11.2. The molecule has 20 heavy (non-hydrogen) atoms. The molecule has 2 aromatic carbocycles. The summed E-state index contributed by atoms with van der Waals surface area (Å²) in [4.78, 5) is 23.5. The molecule has 96 valence electrons.